The van der Waals surface area contributed by atoms with Gasteiger partial charge in [0.25, 0.3) is 0 Å². The van der Waals surface area contributed by atoms with Crippen LogP contribution in [0.4, 0.5) is 5.69 Å². The van der Waals surface area contributed by atoms with Crippen LogP contribution >= 0.6 is 0 Å². The number of amides is 1. The molecular formula is C18H20N2O. The normalized spacial score (nSPS) is 18.2. The molecule has 1 atom stereocenters. The Labute approximate surface area is 125 Å². The number of hydrogen-bond acceptors (Lipinski definition) is 2. The molecule has 0 bridgehead atoms. The van der Waals surface area contributed by atoms with Crippen LogP contribution in [-0.4, -0.2) is 25.0 Å². The number of nitrogens with one attached hydrogen (secondary N) is 1. The molecule has 1 amide bonds. The molecule has 0 unspecified atom stereocenters. The third-order valence-electron chi connectivity index (χ3n) is 3.88. The lowest BCUT2D eigenvalue weighted by molar-refractivity contribution is -0.117. The minimum absolute atomic E-state index is 0.207. The highest BCUT2D eigenvalue weighted by Crippen LogP contribution is 2.20. The maximum atomic E-state index is 12.1. The highest BCUT2D eigenvalue weighted by Gasteiger charge is 2.29. The van der Waals surface area contributed by atoms with Crippen molar-refractivity contribution in [1.82, 2.24) is 5.32 Å². The first-order valence-electron chi connectivity index (χ1n) is 7.45. The Balaban J connectivity index is 1.51. The van der Waals surface area contributed by atoms with Crippen molar-refractivity contribution in [2.45, 2.75) is 18.9 Å². The summed E-state index contributed by atoms with van der Waals surface area (Å²) in [5, 5.41) is 3.50. The second kappa shape index (κ2) is 6.55. The number of para-hydroxylation sites is 1. The van der Waals surface area contributed by atoms with Crippen LogP contribution < -0.4 is 10.2 Å². The van der Waals surface area contributed by atoms with Crippen molar-refractivity contribution < 1.29 is 4.79 Å². The summed E-state index contributed by atoms with van der Waals surface area (Å²) in [6, 6.07) is 20.6. The lowest BCUT2D eigenvalue weighted by Crippen LogP contribution is -2.34. The highest BCUT2D eigenvalue weighted by atomic mass is 16.2. The van der Waals surface area contributed by atoms with Gasteiger partial charge in [-0.05, 0) is 30.7 Å². The lowest BCUT2D eigenvalue weighted by atomic mass is 10.1. The number of carbonyl (C=O) groups excluding carboxylic acids is 1. The van der Waals surface area contributed by atoms with E-state index < -0.39 is 0 Å². The maximum absolute atomic E-state index is 12.1. The Morgan fingerprint density at radius 1 is 1.00 bits per heavy atom. The first kappa shape index (κ1) is 13.8. The molecule has 2 aromatic rings. The standard InChI is InChI=1S/C18H20N2O/c21-18-13-16(14-20(18)17-9-5-2-6-10-17)19-12-11-15-7-3-1-4-8-15/h1-10,16,19H,11-14H2/t16-/m0/s1. The molecule has 0 aliphatic carbocycles. The molecule has 0 aromatic heterocycles. The van der Waals surface area contributed by atoms with E-state index in [1.165, 1.54) is 5.56 Å². The molecule has 3 rings (SSSR count). The van der Waals surface area contributed by atoms with E-state index >= 15 is 0 Å². The fraction of sp³-hybridized carbons (Fsp3) is 0.278. The fourth-order valence-corrected chi connectivity index (χ4v) is 2.77. The molecule has 108 valence electrons. The third-order valence-corrected chi connectivity index (χ3v) is 3.88. The molecular weight excluding hydrogens is 260 g/mol. The summed E-state index contributed by atoms with van der Waals surface area (Å²) in [6.07, 6.45) is 1.58. The van der Waals surface area contributed by atoms with Crippen LogP contribution in [0.3, 0.4) is 0 Å². The van der Waals surface area contributed by atoms with E-state index in [-0.39, 0.29) is 11.9 Å². The van der Waals surface area contributed by atoms with Crippen molar-refractivity contribution in [3.8, 4) is 0 Å². The second-order valence-electron chi connectivity index (χ2n) is 5.43. The summed E-state index contributed by atoms with van der Waals surface area (Å²) in [7, 11) is 0. The van der Waals surface area contributed by atoms with E-state index in [4.69, 9.17) is 0 Å². The van der Waals surface area contributed by atoms with Gasteiger partial charge in [-0.15, -0.1) is 0 Å². The predicted molar refractivity (Wildman–Crippen MR) is 85.3 cm³/mol. The van der Waals surface area contributed by atoms with Crippen molar-refractivity contribution >= 4 is 11.6 Å². The van der Waals surface area contributed by atoms with Crippen LogP contribution in [0.2, 0.25) is 0 Å². The van der Waals surface area contributed by atoms with Crippen LogP contribution in [0.5, 0.6) is 0 Å². The number of benzene rings is 2. The highest BCUT2D eigenvalue weighted by molar-refractivity contribution is 5.96. The van der Waals surface area contributed by atoms with Crippen molar-refractivity contribution in [1.29, 1.82) is 0 Å². The largest absolute Gasteiger partial charge is 0.311 e. The molecule has 1 saturated heterocycles. The van der Waals surface area contributed by atoms with Crippen LogP contribution in [0.15, 0.2) is 60.7 Å². The third kappa shape index (κ3) is 3.50. The molecule has 1 aliphatic heterocycles. The van der Waals surface area contributed by atoms with E-state index in [9.17, 15) is 4.79 Å². The Morgan fingerprint density at radius 3 is 2.38 bits per heavy atom. The summed E-state index contributed by atoms with van der Waals surface area (Å²) >= 11 is 0. The number of anilines is 1. The van der Waals surface area contributed by atoms with E-state index in [0.717, 1.165) is 25.2 Å². The summed E-state index contributed by atoms with van der Waals surface area (Å²) in [5.74, 6) is 0.207. The zero-order chi connectivity index (χ0) is 14.5. The molecule has 0 radical (unpaired) electrons. The fourth-order valence-electron chi connectivity index (χ4n) is 2.77. The van der Waals surface area contributed by atoms with E-state index in [1.807, 2.05) is 41.3 Å². The van der Waals surface area contributed by atoms with Gasteiger partial charge >= 0.3 is 0 Å². The quantitative estimate of drug-likeness (QED) is 0.913. The maximum Gasteiger partial charge on any atom is 0.228 e. The van der Waals surface area contributed by atoms with Crippen molar-refractivity contribution in [2.75, 3.05) is 18.0 Å². The second-order valence-corrected chi connectivity index (χ2v) is 5.43. The molecule has 1 fully saturated rings. The van der Waals surface area contributed by atoms with E-state index in [2.05, 4.69) is 29.6 Å². The average molecular weight is 280 g/mol. The van der Waals surface area contributed by atoms with Crippen molar-refractivity contribution in [3.05, 3.63) is 66.2 Å². The van der Waals surface area contributed by atoms with Crippen LogP contribution in [-0.2, 0) is 11.2 Å². The smallest absolute Gasteiger partial charge is 0.228 e. The summed E-state index contributed by atoms with van der Waals surface area (Å²) in [6.45, 7) is 1.67. The monoisotopic (exact) mass is 280 g/mol. The summed E-state index contributed by atoms with van der Waals surface area (Å²) < 4.78 is 0. The SMILES string of the molecule is O=C1C[C@H](NCCc2ccccc2)CN1c1ccccc1. The van der Waals surface area contributed by atoms with E-state index in [1.54, 1.807) is 0 Å². The molecule has 21 heavy (non-hydrogen) atoms. The number of hydrogen-bond donors (Lipinski definition) is 1. The van der Waals surface area contributed by atoms with Crippen molar-refractivity contribution in [3.63, 3.8) is 0 Å². The molecule has 0 spiro atoms. The van der Waals surface area contributed by atoms with Gasteiger partial charge in [-0.2, -0.15) is 0 Å². The molecule has 2 aromatic carbocycles. The van der Waals surface area contributed by atoms with Gasteiger partial charge in [0.05, 0.1) is 0 Å². The van der Waals surface area contributed by atoms with Gasteiger partial charge in [0.1, 0.15) is 0 Å². The number of rotatable bonds is 5. The van der Waals surface area contributed by atoms with Crippen molar-refractivity contribution in [2.24, 2.45) is 0 Å². The Morgan fingerprint density at radius 2 is 1.67 bits per heavy atom. The average Bonchev–Trinajstić information content (AvgIpc) is 2.90. The summed E-state index contributed by atoms with van der Waals surface area (Å²) in [5.41, 5.74) is 2.32. The molecule has 1 aliphatic rings. The van der Waals surface area contributed by atoms with Gasteiger partial charge in [0, 0.05) is 24.7 Å². The van der Waals surface area contributed by atoms with Crippen LogP contribution in [0, 0.1) is 0 Å². The molecule has 0 saturated carbocycles. The van der Waals surface area contributed by atoms with Crippen LogP contribution in [0.25, 0.3) is 0 Å². The predicted octanol–water partition coefficient (Wildman–Crippen LogP) is 2.62. The van der Waals surface area contributed by atoms with E-state index in [0.29, 0.717) is 6.42 Å². The van der Waals surface area contributed by atoms with Gasteiger partial charge in [0.15, 0.2) is 0 Å². The first-order chi connectivity index (χ1) is 10.3. The Bertz CT molecular complexity index is 583. The minimum Gasteiger partial charge on any atom is -0.311 e. The first-order valence-corrected chi connectivity index (χ1v) is 7.45. The molecule has 1 heterocycles. The zero-order valence-corrected chi connectivity index (χ0v) is 12.0. The number of nitrogens with zero attached hydrogens (tertiary/aromatic N) is 1. The minimum atomic E-state index is 0.207. The Hall–Kier alpha value is -2.13. The topological polar surface area (TPSA) is 32.3 Å². The molecule has 1 N–H and O–H groups in total. The zero-order valence-electron chi connectivity index (χ0n) is 12.0. The number of carbonyl (C=O) groups is 1. The summed E-state index contributed by atoms with van der Waals surface area (Å²) in [4.78, 5) is 14.0. The van der Waals surface area contributed by atoms with Crippen LogP contribution in [0.1, 0.15) is 12.0 Å². The van der Waals surface area contributed by atoms with Gasteiger partial charge in [-0.3, -0.25) is 4.79 Å². The van der Waals surface area contributed by atoms with Gasteiger partial charge in [0.2, 0.25) is 5.91 Å². The van der Waals surface area contributed by atoms with Gasteiger partial charge in [-0.1, -0.05) is 48.5 Å². The molecule has 3 nitrogen and oxygen atoms in total. The Kier molecular flexibility index (Phi) is 4.31. The lowest BCUT2D eigenvalue weighted by Gasteiger charge is -2.17. The van der Waals surface area contributed by atoms with Gasteiger partial charge < -0.3 is 10.2 Å². The van der Waals surface area contributed by atoms with Gasteiger partial charge in [-0.25, -0.2) is 0 Å². The molecule has 3 heteroatoms.